The zero-order valence-corrected chi connectivity index (χ0v) is 13.9. The molecule has 2 rings (SSSR count). The second-order valence-electron chi connectivity index (χ2n) is 6.10. The van der Waals surface area contributed by atoms with Crippen LogP contribution in [0.1, 0.15) is 45.4 Å². The molecule has 22 heavy (non-hydrogen) atoms. The van der Waals surface area contributed by atoms with Crippen molar-refractivity contribution in [2.75, 3.05) is 12.9 Å². The van der Waals surface area contributed by atoms with Gasteiger partial charge in [-0.15, -0.1) is 0 Å². The third-order valence-electron chi connectivity index (χ3n) is 4.55. The third-order valence-corrected chi connectivity index (χ3v) is 5.90. The van der Waals surface area contributed by atoms with E-state index in [0.29, 0.717) is 32.3 Å². The van der Waals surface area contributed by atoms with Gasteiger partial charge in [0.05, 0.1) is 11.7 Å². The van der Waals surface area contributed by atoms with Crippen LogP contribution in [0, 0.1) is 5.41 Å². The third kappa shape index (κ3) is 3.80. The minimum absolute atomic E-state index is 0.336. The first kappa shape index (κ1) is 18.1. The Morgan fingerprint density at radius 1 is 1.45 bits per heavy atom. The maximum atomic E-state index is 13.5. The summed E-state index contributed by atoms with van der Waals surface area (Å²) in [5, 5.41) is -0.695. The Hall–Kier alpha value is -0.240. The van der Waals surface area contributed by atoms with Crippen LogP contribution in [0.3, 0.4) is 0 Å². The number of ether oxygens (including phenoxy) is 2. The lowest BCUT2D eigenvalue weighted by molar-refractivity contribution is -0.227. The highest BCUT2D eigenvalue weighted by atomic mass is 32.2. The molecule has 7 heteroatoms. The summed E-state index contributed by atoms with van der Waals surface area (Å²) in [6, 6.07) is 0. The fraction of sp³-hybridized carbons (Fsp3) is 0.933. The monoisotopic (exact) mass is 338 g/mol. The van der Waals surface area contributed by atoms with Gasteiger partial charge in [-0.2, -0.15) is 0 Å². The van der Waals surface area contributed by atoms with E-state index in [9.17, 15) is 18.1 Å². The molecule has 0 spiro atoms. The highest BCUT2D eigenvalue weighted by molar-refractivity contribution is 7.92. The molecule has 4 unspecified atom stereocenters. The number of halogens is 2. The topological polar surface area (TPSA) is 58.6 Å². The van der Waals surface area contributed by atoms with E-state index in [1.165, 1.54) is 6.26 Å². The van der Waals surface area contributed by atoms with Gasteiger partial charge in [0.15, 0.2) is 17.3 Å². The fourth-order valence-corrected chi connectivity index (χ4v) is 4.12. The van der Waals surface area contributed by atoms with E-state index in [1.54, 1.807) is 6.92 Å². The summed E-state index contributed by atoms with van der Waals surface area (Å²) in [5.74, 6) is -0.336. The molecule has 2 aliphatic rings. The van der Waals surface area contributed by atoms with Crippen LogP contribution in [-0.2, 0) is 25.4 Å². The van der Waals surface area contributed by atoms with Gasteiger partial charge in [-0.1, -0.05) is 6.92 Å². The molecule has 0 amide bonds. The largest absolute Gasteiger partial charge is 0.616 e. The Morgan fingerprint density at radius 3 is 2.55 bits per heavy atom. The first-order chi connectivity index (χ1) is 10.4. The smallest absolute Gasteiger partial charge is 0.265 e. The van der Waals surface area contributed by atoms with Gasteiger partial charge in [-0.3, -0.25) is 4.79 Å². The van der Waals surface area contributed by atoms with Crippen molar-refractivity contribution >= 4 is 17.0 Å². The quantitative estimate of drug-likeness (QED) is 0.639. The Balaban J connectivity index is 2.10. The zero-order valence-electron chi connectivity index (χ0n) is 13.1. The molecule has 4 nitrogen and oxygen atoms in total. The molecular weight excluding hydrogens is 314 g/mol. The van der Waals surface area contributed by atoms with Crippen LogP contribution in [0.15, 0.2) is 0 Å². The Kier molecular flexibility index (Phi) is 6.22. The molecule has 1 aliphatic carbocycles. The van der Waals surface area contributed by atoms with Crippen molar-refractivity contribution in [1.29, 1.82) is 0 Å². The molecule has 4 atom stereocenters. The Bertz CT molecular complexity index is 382. The number of hydrogen-bond donors (Lipinski definition) is 0. The minimum Gasteiger partial charge on any atom is -0.616 e. The molecule has 0 bridgehead atoms. The maximum Gasteiger partial charge on any atom is 0.265 e. The summed E-state index contributed by atoms with van der Waals surface area (Å²) >= 11 is -1.36. The standard InChI is InChI=1S/C15H24F2O4S/c1-3-10(22(2)19)12(18)15(7-8-15)13(14(16)17)21-11-6-4-5-9-20-11/h10-11,13-14H,3-9H2,1-2H3. The number of rotatable bonds is 8. The van der Waals surface area contributed by atoms with Crippen molar-refractivity contribution in [3.63, 3.8) is 0 Å². The van der Waals surface area contributed by atoms with Crippen molar-refractivity contribution in [2.24, 2.45) is 5.41 Å². The lowest BCUT2D eigenvalue weighted by Crippen LogP contribution is -2.46. The number of carbonyl (C=O) groups excluding carboxylic acids is 1. The average Bonchev–Trinajstić information content (AvgIpc) is 3.27. The van der Waals surface area contributed by atoms with Crippen LogP contribution in [0.2, 0.25) is 0 Å². The van der Waals surface area contributed by atoms with Crippen molar-refractivity contribution in [3.05, 3.63) is 0 Å². The first-order valence-corrected chi connectivity index (χ1v) is 9.46. The van der Waals surface area contributed by atoms with E-state index in [4.69, 9.17) is 9.47 Å². The fourth-order valence-electron chi connectivity index (χ4n) is 3.11. The van der Waals surface area contributed by atoms with E-state index in [0.717, 1.165) is 12.8 Å². The molecule has 1 saturated carbocycles. The molecule has 128 valence electrons. The molecule has 0 radical (unpaired) electrons. The van der Waals surface area contributed by atoms with Crippen LogP contribution < -0.4 is 0 Å². The summed E-state index contributed by atoms with van der Waals surface area (Å²) in [5.41, 5.74) is -1.18. The summed E-state index contributed by atoms with van der Waals surface area (Å²) < 4.78 is 49.6. The van der Waals surface area contributed by atoms with Crippen LogP contribution in [0.25, 0.3) is 0 Å². The summed E-state index contributed by atoms with van der Waals surface area (Å²) in [6.45, 7) is 2.25. The highest BCUT2D eigenvalue weighted by Gasteiger charge is 2.62. The van der Waals surface area contributed by atoms with Gasteiger partial charge in [-0.05, 0) is 49.7 Å². The summed E-state index contributed by atoms with van der Waals surface area (Å²) in [6.07, 6.45) is 0.0661. The molecule has 1 heterocycles. The van der Waals surface area contributed by atoms with Gasteiger partial charge in [0.25, 0.3) is 6.43 Å². The van der Waals surface area contributed by atoms with Crippen molar-refractivity contribution in [2.45, 2.75) is 69.5 Å². The van der Waals surface area contributed by atoms with Crippen LogP contribution in [0.5, 0.6) is 0 Å². The SMILES string of the molecule is CCC(C(=O)C1(C(OC2CCCCO2)C(F)F)CC1)[S+](C)[O-]. The van der Waals surface area contributed by atoms with Crippen LogP contribution in [-0.4, -0.2) is 47.3 Å². The molecule has 0 aromatic rings. The molecule has 1 aliphatic heterocycles. The Labute approximate surface area is 133 Å². The van der Waals surface area contributed by atoms with Crippen molar-refractivity contribution in [3.8, 4) is 0 Å². The molecule has 0 aromatic heterocycles. The lowest BCUT2D eigenvalue weighted by atomic mass is 9.90. The predicted octanol–water partition coefficient (Wildman–Crippen LogP) is 2.67. The number of Topliss-reactive ketones (excluding diaryl/α,β-unsaturated/α-hetero) is 1. The molecular formula is C15H24F2O4S. The normalized spacial score (nSPS) is 28.2. The molecule has 2 fully saturated rings. The van der Waals surface area contributed by atoms with Gasteiger partial charge in [-0.25, -0.2) is 8.78 Å². The molecule has 1 saturated heterocycles. The highest BCUT2D eigenvalue weighted by Crippen LogP contribution is 2.54. The van der Waals surface area contributed by atoms with Gasteiger partial charge in [0, 0.05) is 6.61 Å². The second-order valence-corrected chi connectivity index (χ2v) is 7.67. The number of alkyl halides is 2. The molecule has 0 aromatic carbocycles. The van der Waals surface area contributed by atoms with Crippen LogP contribution in [0.4, 0.5) is 8.78 Å². The minimum atomic E-state index is -2.75. The first-order valence-electron chi connectivity index (χ1n) is 7.84. The lowest BCUT2D eigenvalue weighted by Gasteiger charge is -2.32. The van der Waals surface area contributed by atoms with Gasteiger partial charge in [0.1, 0.15) is 6.10 Å². The van der Waals surface area contributed by atoms with Gasteiger partial charge >= 0.3 is 0 Å². The van der Waals surface area contributed by atoms with Gasteiger partial charge in [0.2, 0.25) is 0 Å². The van der Waals surface area contributed by atoms with E-state index in [-0.39, 0.29) is 5.78 Å². The zero-order chi connectivity index (χ0) is 16.3. The maximum absolute atomic E-state index is 13.5. The van der Waals surface area contributed by atoms with E-state index < -0.39 is 40.7 Å². The second kappa shape index (κ2) is 7.55. The average molecular weight is 338 g/mol. The predicted molar refractivity (Wildman–Crippen MR) is 79.3 cm³/mol. The van der Waals surface area contributed by atoms with E-state index >= 15 is 0 Å². The number of ketones is 1. The number of carbonyl (C=O) groups is 1. The van der Waals surface area contributed by atoms with Crippen molar-refractivity contribution in [1.82, 2.24) is 0 Å². The summed E-state index contributed by atoms with van der Waals surface area (Å²) in [4.78, 5) is 12.6. The van der Waals surface area contributed by atoms with Crippen molar-refractivity contribution < 1.29 is 27.6 Å². The van der Waals surface area contributed by atoms with Gasteiger partial charge < -0.3 is 14.0 Å². The van der Waals surface area contributed by atoms with E-state index in [1.807, 2.05) is 0 Å². The Morgan fingerprint density at radius 2 is 2.14 bits per heavy atom. The molecule has 0 N–H and O–H groups in total. The van der Waals surface area contributed by atoms with Crippen LogP contribution >= 0.6 is 0 Å². The van der Waals surface area contributed by atoms with E-state index in [2.05, 4.69) is 0 Å². The summed E-state index contributed by atoms with van der Waals surface area (Å²) in [7, 11) is 0. The number of hydrogen-bond acceptors (Lipinski definition) is 4.